The molecule has 132 valence electrons. The molecule has 2 fully saturated rings. The van der Waals surface area contributed by atoms with E-state index in [1.165, 1.54) is 12.8 Å². The number of ether oxygens (including phenoxy) is 2. The van der Waals surface area contributed by atoms with Gasteiger partial charge in [-0.25, -0.2) is 9.59 Å². The first kappa shape index (κ1) is 21.5. The van der Waals surface area contributed by atoms with Gasteiger partial charge in [0.05, 0.1) is 11.1 Å². The van der Waals surface area contributed by atoms with Crippen molar-refractivity contribution in [1.82, 2.24) is 0 Å². The van der Waals surface area contributed by atoms with Crippen LogP contribution in [0.2, 0.25) is 0 Å². The summed E-state index contributed by atoms with van der Waals surface area (Å²) in [7, 11) is 0. The Morgan fingerprint density at radius 1 is 0.640 bits per heavy atom. The third kappa shape index (κ3) is 6.70. The molecular formula is C20H27CsO4. The second-order valence-electron chi connectivity index (χ2n) is 6.91. The Bertz CT molecular complexity index is 507. The predicted octanol–water partition coefficient (Wildman–Crippen LogP) is 4.02. The average molecular weight is 464 g/mol. The van der Waals surface area contributed by atoms with Gasteiger partial charge in [-0.05, 0) is 75.6 Å². The van der Waals surface area contributed by atoms with Crippen LogP contribution in [0.1, 0.15) is 84.9 Å². The Morgan fingerprint density at radius 2 is 0.960 bits per heavy atom. The first-order valence-electron chi connectivity index (χ1n) is 9.24. The molecule has 0 N–H and O–H groups in total. The number of carbonyl (C=O) groups excluding carboxylic acids is 2. The van der Waals surface area contributed by atoms with E-state index < -0.39 is 0 Å². The molecule has 5 heteroatoms. The molecule has 0 spiro atoms. The SMILES string of the molecule is O=C(OC1CCCCC1)c1ccc(C(=O)OC2CCCCC2)cc1.[CsH]. The van der Waals surface area contributed by atoms with E-state index in [9.17, 15) is 9.59 Å². The molecule has 3 rings (SSSR count). The van der Waals surface area contributed by atoms with Gasteiger partial charge in [-0.2, -0.15) is 0 Å². The topological polar surface area (TPSA) is 52.6 Å². The average Bonchev–Trinajstić information content (AvgIpc) is 2.63. The summed E-state index contributed by atoms with van der Waals surface area (Å²) in [5.41, 5.74) is 0.990. The van der Waals surface area contributed by atoms with Gasteiger partial charge in [0, 0.05) is 0 Å². The molecule has 0 atom stereocenters. The number of esters is 2. The van der Waals surface area contributed by atoms with Gasteiger partial charge in [-0.1, -0.05) is 12.8 Å². The van der Waals surface area contributed by atoms with Crippen molar-refractivity contribution >= 4 is 80.8 Å². The van der Waals surface area contributed by atoms with Crippen LogP contribution in [0.15, 0.2) is 24.3 Å². The number of hydrogen-bond acceptors (Lipinski definition) is 4. The predicted molar refractivity (Wildman–Crippen MR) is 98.2 cm³/mol. The molecule has 1 aromatic rings. The van der Waals surface area contributed by atoms with Gasteiger partial charge in [-0.15, -0.1) is 0 Å². The fraction of sp³-hybridized carbons (Fsp3) is 0.600. The molecule has 0 aromatic heterocycles. The third-order valence-corrected chi connectivity index (χ3v) is 5.01. The Morgan fingerprint density at radius 3 is 1.28 bits per heavy atom. The van der Waals surface area contributed by atoms with Crippen molar-refractivity contribution < 1.29 is 19.1 Å². The Hall–Kier alpha value is 0.212. The standard InChI is InChI=1S/C20H26O4.Cs.H/c21-19(23-17-7-3-1-4-8-17)15-11-13-16(14-12-15)20(22)24-18-9-5-2-6-10-18;;/h11-14,17-18H,1-10H2;;. The van der Waals surface area contributed by atoms with Gasteiger partial charge in [0.25, 0.3) is 0 Å². The summed E-state index contributed by atoms with van der Waals surface area (Å²) in [6, 6.07) is 6.62. The Balaban J connectivity index is 0.00000225. The van der Waals surface area contributed by atoms with Gasteiger partial charge in [0.1, 0.15) is 12.2 Å². The quantitative estimate of drug-likeness (QED) is 0.632. The van der Waals surface area contributed by atoms with Gasteiger partial charge in [0.2, 0.25) is 0 Å². The molecule has 2 saturated carbocycles. The first-order valence-corrected chi connectivity index (χ1v) is 9.24. The van der Waals surface area contributed by atoms with E-state index in [0.29, 0.717) is 11.1 Å². The molecule has 0 unspecified atom stereocenters. The molecule has 1 aromatic carbocycles. The van der Waals surface area contributed by atoms with Crippen molar-refractivity contribution in [1.29, 1.82) is 0 Å². The summed E-state index contributed by atoms with van der Waals surface area (Å²) >= 11 is 0. The molecule has 0 bridgehead atoms. The summed E-state index contributed by atoms with van der Waals surface area (Å²) < 4.78 is 11.1. The van der Waals surface area contributed by atoms with E-state index in [0.717, 1.165) is 51.4 Å². The summed E-state index contributed by atoms with van der Waals surface area (Å²) in [6.45, 7) is 0. The Kier molecular flexibility index (Phi) is 9.59. The Labute approximate surface area is 208 Å². The van der Waals surface area contributed by atoms with Crippen molar-refractivity contribution in [2.45, 2.75) is 76.4 Å². The molecule has 0 radical (unpaired) electrons. The molecule has 2 aliphatic rings. The normalized spacial score (nSPS) is 18.9. The number of carbonyl (C=O) groups is 2. The first-order chi connectivity index (χ1) is 11.7. The number of rotatable bonds is 4. The van der Waals surface area contributed by atoms with Crippen molar-refractivity contribution in [3.05, 3.63) is 35.4 Å². The zero-order chi connectivity index (χ0) is 16.8. The maximum absolute atomic E-state index is 12.2. The molecule has 0 aliphatic heterocycles. The van der Waals surface area contributed by atoms with Crippen LogP contribution in [-0.4, -0.2) is 93.0 Å². The van der Waals surface area contributed by atoms with Crippen LogP contribution in [0.4, 0.5) is 0 Å². The van der Waals surface area contributed by atoms with E-state index >= 15 is 0 Å². The van der Waals surface area contributed by atoms with E-state index in [-0.39, 0.29) is 93.0 Å². The molecule has 0 saturated heterocycles. The van der Waals surface area contributed by atoms with Gasteiger partial charge < -0.3 is 9.47 Å². The zero-order valence-corrected chi connectivity index (χ0v) is 14.2. The molecule has 4 nitrogen and oxygen atoms in total. The van der Waals surface area contributed by atoms with Crippen LogP contribution < -0.4 is 0 Å². The third-order valence-electron chi connectivity index (χ3n) is 5.01. The van der Waals surface area contributed by atoms with E-state index in [2.05, 4.69) is 0 Å². The maximum atomic E-state index is 12.2. The second-order valence-corrected chi connectivity index (χ2v) is 6.91. The summed E-state index contributed by atoms with van der Waals surface area (Å²) in [5.74, 6) is -0.594. The number of hydrogen-bond donors (Lipinski definition) is 0. The van der Waals surface area contributed by atoms with Crippen molar-refractivity contribution in [3.8, 4) is 0 Å². The van der Waals surface area contributed by atoms with Gasteiger partial charge >= 0.3 is 80.8 Å². The van der Waals surface area contributed by atoms with Crippen molar-refractivity contribution in [3.63, 3.8) is 0 Å². The summed E-state index contributed by atoms with van der Waals surface area (Å²) in [6.07, 6.45) is 10.9. The van der Waals surface area contributed by atoms with Crippen molar-refractivity contribution in [2.24, 2.45) is 0 Å². The van der Waals surface area contributed by atoms with Crippen LogP contribution in [0.5, 0.6) is 0 Å². The van der Waals surface area contributed by atoms with Crippen LogP contribution in [0, 0.1) is 0 Å². The van der Waals surface area contributed by atoms with Crippen LogP contribution in [-0.2, 0) is 9.47 Å². The van der Waals surface area contributed by atoms with Crippen molar-refractivity contribution in [2.75, 3.05) is 0 Å². The van der Waals surface area contributed by atoms with E-state index in [4.69, 9.17) is 9.47 Å². The molecule has 0 amide bonds. The minimum atomic E-state index is -0.297. The van der Waals surface area contributed by atoms with Gasteiger partial charge in [0.15, 0.2) is 0 Å². The fourth-order valence-electron chi connectivity index (χ4n) is 3.55. The van der Waals surface area contributed by atoms with Gasteiger partial charge in [-0.3, -0.25) is 0 Å². The molecule has 0 heterocycles. The zero-order valence-electron chi connectivity index (χ0n) is 14.2. The summed E-state index contributed by atoms with van der Waals surface area (Å²) in [4.78, 5) is 24.3. The van der Waals surface area contributed by atoms with Crippen LogP contribution in [0.3, 0.4) is 0 Å². The van der Waals surface area contributed by atoms with Crippen LogP contribution in [0.25, 0.3) is 0 Å². The van der Waals surface area contributed by atoms with E-state index in [1.807, 2.05) is 0 Å². The molecular weight excluding hydrogens is 437 g/mol. The monoisotopic (exact) mass is 464 g/mol. The fourth-order valence-corrected chi connectivity index (χ4v) is 3.55. The number of benzene rings is 1. The minimum absolute atomic E-state index is 0. The summed E-state index contributed by atoms with van der Waals surface area (Å²) in [5, 5.41) is 0. The molecule has 2 aliphatic carbocycles. The molecule has 25 heavy (non-hydrogen) atoms. The second kappa shape index (κ2) is 11.1. The van der Waals surface area contributed by atoms with Crippen LogP contribution >= 0.6 is 0 Å². The van der Waals surface area contributed by atoms with E-state index in [1.54, 1.807) is 24.3 Å².